The van der Waals surface area contributed by atoms with Gasteiger partial charge in [-0.1, -0.05) is 25.3 Å². The number of anilines is 1. The molecule has 1 saturated carbocycles. The maximum atomic E-state index is 6.07. The van der Waals surface area contributed by atoms with Crippen LogP contribution in [-0.2, 0) is 11.3 Å². The highest BCUT2D eigenvalue weighted by Gasteiger charge is 2.16. The number of aliphatic imine (C=N–C) groups is 1. The zero-order valence-corrected chi connectivity index (χ0v) is 16.4. The van der Waals surface area contributed by atoms with E-state index in [1.54, 1.807) is 0 Å². The van der Waals surface area contributed by atoms with Crippen LogP contribution in [0.2, 0.25) is 0 Å². The molecule has 1 saturated heterocycles. The van der Waals surface area contributed by atoms with Crippen molar-refractivity contribution >= 4 is 35.8 Å². The Bertz CT molecular complexity index is 527. The molecule has 3 rings (SSSR count). The maximum Gasteiger partial charge on any atom is 0.189 e. The third kappa shape index (κ3) is 5.47. The lowest BCUT2D eigenvalue weighted by Crippen LogP contribution is -2.41. The lowest BCUT2D eigenvalue weighted by atomic mass is 9.96. The molecule has 0 bridgehead atoms. The molecule has 1 aliphatic carbocycles. The molecule has 7 heteroatoms. The van der Waals surface area contributed by atoms with Gasteiger partial charge in [0.2, 0.25) is 0 Å². The van der Waals surface area contributed by atoms with Crippen molar-refractivity contribution in [1.29, 1.82) is 0 Å². The summed E-state index contributed by atoms with van der Waals surface area (Å²) in [7, 11) is 0. The Morgan fingerprint density at radius 2 is 2.04 bits per heavy atom. The molecule has 1 aliphatic heterocycles. The number of halogens is 1. The van der Waals surface area contributed by atoms with Gasteiger partial charge in [0.05, 0.1) is 19.8 Å². The molecule has 2 fully saturated rings. The van der Waals surface area contributed by atoms with E-state index in [-0.39, 0.29) is 24.0 Å². The fourth-order valence-corrected chi connectivity index (χ4v) is 3.29. The third-order valence-corrected chi connectivity index (χ3v) is 4.56. The van der Waals surface area contributed by atoms with Crippen LogP contribution in [0, 0.1) is 0 Å². The highest BCUT2D eigenvalue weighted by atomic mass is 127. The van der Waals surface area contributed by atoms with Gasteiger partial charge in [-0.25, -0.2) is 9.98 Å². The summed E-state index contributed by atoms with van der Waals surface area (Å²) in [5.41, 5.74) is 7.18. The summed E-state index contributed by atoms with van der Waals surface area (Å²) in [5, 5.41) is 3.36. The van der Waals surface area contributed by atoms with Crippen LogP contribution >= 0.6 is 24.0 Å². The summed E-state index contributed by atoms with van der Waals surface area (Å²) in [6.45, 7) is 3.83. The Morgan fingerprint density at radius 1 is 1.29 bits per heavy atom. The molecule has 2 aliphatic rings. The van der Waals surface area contributed by atoms with E-state index >= 15 is 0 Å². The van der Waals surface area contributed by atoms with E-state index in [0.717, 1.165) is 37.7 Å². The normalized spacial score (nSPS) is 19.7. The van der Waals surface area contributed by atoms with E-state index in [9.17, 15) is 0 Å². The predicted octanol–water partition coefficient (Wildman–Crippen LogP) is 2.27. The zero-order chi connectivity index (χ0) is 15.9. The smallest absolute Gasteiger partial charge is 0.189 e. The molecular formula is C17H28IN5O. The van der Waals surface area contributed by atoms with Crippen molar-refractivity contribution in [3.8, 4) is 0 Å². The monoisotopic (exact) mass is 445 g/mol. The van der Waals surface area contributed by atoms with Crippen molar-refractivity contribution in [1.82, 2.24) is 10.3 Å². The molecule has 2 heterocycles. The highest BCUT2D eigenvalue weighted by molar-refractivity contribution is 14.0. The van der Waals surface area contributed by atoms with Crippen LogP contribution in [0.15, 0.2) is 23.3 Å². The number of hydrogen-bond acceptors (Lipinski definition) is 4. The second-order valence-electron chi connectivity index (χ2n) is 6.27. The van der Waals surface area contributed by atoms with Gasteiger partial charge >= 0.3 is 0 Å². The van der Waals surface area contributed by atoms with Gasteiger partial charge in [-0.05, 0) is 18.9 Å². The van der Waals surface area contributed by atoms with Crippen molar-refractivity contribution in [3.05, 3.63) is 23.9 Å². The number of nitrogens with one attached hydrogen (secondary N) is 1. The molecule has 0 spiro atoms. The molecule has 0 radical (unpaired) electrons. The summed E-state index contributed by atoms with van der Waals surface area (Å²) < 4.78 is 5.42. The minimum Gasteiger partial charge on any atom is -0.378 e. The molecule has 0 unspecified atom stereocenters. The van der Waals surface area contributed by atoms with Gasteiger partial charge < -0.3 is 20.7 Å². The summed E-state index contributed by atoms with van der Waals surface area (Å²) in [4.78, 5) is 11.3. The fourth-order valence-electron chi connectivity index (χ4n) is 3.29. The van der Waals surface area contributed by atoms with Gasteiger partial charge in [-0.3, -0.25) is 0 Å². The Labute approximate surface area is 161 Å². The first-order valence-corrected chi connectivity index (χ1v) is 8.66. The van der Waals surface area contributed by atoms with E-state index < -0.39 is 0 Å². The van der Waals surface area contributed by atoms with Crippen LogP contribution in [0.3, 0.4) is 0 Å². The number of hydrogen-bond donors (Lipinski definition) is 2. The van der Waals surface area contributed by atoms with Crippen molar-refractivity contribution in [2.24, 2.45) is 10.7 Å². The number of pyridine rings is 1. The van der Waals surface area contributed by atoms with Crippen LogP contribution in [0.4, 0.5) is 5.82 Å². The molecule has 0 amide bonds. The standard InChI is InChI=1S/C17H27N5O.HI/c18-17(21-15-6-2-1-3-7-15)20-13-14-5-4-8-19-16(14)22-9-11-23-12-10-22;/h4-5,8,15H,1-3,6-7,9-13H2,(H3,18,20,21);1H. The number of rotatable bonds is 4. The Morgan fingerprint density at radius 3 is 2.79 bits per heavy atom. The molecule has 1 aromatic heterocycles. The molecule has 0 atom stereocenters. The average Bonchev–Trinajstić information content (AvgIpc) is 2.62. The molecule has 24 heavy (non-hydrogen) atoms. The van der Waals surface area contributed by atoms with Gasteiger partial charge in [-0.2, -0.15) is 0 Å². The topological polar surface area (TPSA) is 75.8 Å². The first-order valence-electron chi connectivity index (χ1n) is 8.66. The molecule has 134 valence electrons. The van der Waals surface area contributed by atoms with Gasteiger partial charge in [0.15, 0.2) is 5.96 Å². The van der Waals surface area contributed by atoms with E-state index in [0.29, 0.717) is 18.5 Å². The quantitative estimate of drug-likeness (QED) is 0.423. The van der Waals surface area contributed by atoms with Crippen LogP contribution in [0.5, 0.6) is 0 Å². The number of ether oxygens (including phenoxy) is 1. The van der Waals surface area contributed by atoms with Gasteiger partial charge in [0.25, 0.3) is 0 Å². The van der Waals surface area contributed by atoms with E-state index in [1.165, 1.54) is 32.1 Å². The van der Waals surface area contributed by atoms with Crippen LogP contribution in [0.1, 0.15) is 37.7 Å². The van der Waals surface area contributed by atoms with Crippen LogP contribution in [0.25, 0.3) is 0 Å². The Balaban J connectivity index is 0.00000208. The zero-order valence-electron chi connectivity index (χ0n) is 14.1. The summed E-state index contributed by atoms with van der Waals surface area (Å²) in [6.07, 6.45) is 8.14. The summed E-state index contributed by atoms with van der Waals surface area (Å²) >= 11 is 0. The van der Waals surface area contributed by atoms with Crippen molar-refractivity contribution in [3.63, 3.8) is 0 Å². The minimum atomic E-state index is 0. The SMILES string of the molecule is I.NC(=NCc1cccnc1N1CCOCC1)NC1CCCCC1. The second-order valence-corrected chi connectivity index (χ2v) is 6.27. The largest absolute Gasteiger partial charge is 0.378 e. The maximum absolute atomic E-state index is 6.07. The third-order valence-electron chi connectivity index (χ3n) is 4.56. The molecular weight excluding hydrogens is 417 g/mol. The lowest BCUT2D eigenvalue weighted by Gasteiger charge is -2.29. The summed E-state index contributed by atoms with van der Waals surface area (Å²) in [6, 6.07) is 4.52. The number of nitrogens with zero attached hydrogens (tertiary/aromatic N) is 3. The van der Waals surface area contributed by atoms with Crippen molar-refractivity contribution < 1.29 is 4.74 Å². The second kappa shape index (κ2) is 10.0. The number of guanidine groups is 1. The van der Waals surface area contributed by atoms with E-state index in [2.05, 4.69) is 26.3 Å². The first kappa shape index (κ1) is 19.2. The lowest BCUT2D eigenvalue weighted by molar-refractivity contribution is 0.122. The molecule has 1 aromatic rings. The van der Waals surface area contributed by atoms with Crippen molar-refractivity contribution in [2.45, 2.75) is 44.7 Å². The number of aromatic nitrogens is 1. The average molecular weight is 445 g/mol. The fraction of sp³-hybridized carbons (Fsp3) is 0.647. The molecule has 3 N–H and O–H groups in total. The number of morpholine rings is 1. The number of nitrogens with two attached hydrogens (primary N) is 1. The molecule has 0 aromatic carbocycles. The highest BCUT2D eigenvalue weighted by Crippen LogP contribution is 2.20. The molecule has 6 nitrogen and oxygen atoms in total. The van der Waals surface area contributed by atoms with Gasteiger partial charge in [-0.15, -0.1) is 24.0 Å². The van der Waals surface area contributed by atoms with Gasteiger partial charge in [0.1, 0.15) is 5.82 Å². The predicted molar refractivity (Wildman–Crippen MR) is 108 cm³/mol. The van der Waals surface area contributed by atoms with E-state index in [4.69, 9.17) is 10.5 Å². The van der Waals surface area contributed by atoms with Crippen LogP contribution in [-0.4, -0.2) is 43.3 Å². The minimum absolute atomic E-state index is 0. The van der Waals surface area contributed by atoms with Crippen molar-refractivity contribution in [2.75, 3.05) is 31.2 Å². The van der Waals surface area contributed by atoms with Crippen LogP contribution < -0.4 is 16.0 Å². The Kier molecular flexibility index (Phi) is 8.04. The summed E-state index contributed by atoms with van der Waals surface area (Å²) in [5.74, 6) is 1.55. The first-order chi connectivity index (χ1) is 11.3. The Hall–Kier alpha value is -1.09. The van der Waals surface area contributed by atoms with E-state index in [1.807, 2.05) is 12.3 Å². The van der Waals surface area contributed by atoms with Gasteiger partial charge in [0, 0.05) is 30.9 Å².